The maximum Gasteiger partial charge on any atom is 0.407 e. The van der Waals surface area contributed by atoms with E-state index in [1.807, 2.05) is 18.2 Å². The van der Waals surface area contributed by atoms with Crippen LogP contribution in [0.3, 0.4) is 0 Å². The highest BCUT2D eigenvalue weighted by Gasteiger charge is 2.21. The third-order valence-corrected chi connectivity index (χ3v) is 3.94. The predicted octanol–water partition coefficient (Wildman–Crippen LogP) is 4.03. The Morgan fingerprint density at radius 2 is 1.92 bits per heavy atom. The number of aliphatic carboxylic acids is 1. The van der Waals surface area contributed by atoms with Crippen LogP contribution >= 0.6 is 15.9 Å². The summed E-state index contributed by atoms with van der Waals surface area (Å²) in [4.78, 5) is 23.0. The number of hydrogen-bond acceptors (Lipinski definition) is 3. The van der Waals surface area contributed by atoms with Gasteiger partial charge in [-0.2, -0.15) is 0 Å². The van der Waals surface area contributed by atoms with E-state index in [4.69, 9.17) is 9.84 Å². The van der Waals surface area contributed by atoms with Crippen molar-refractivity contribution in [3.8, 4) is 0 Å². The topological polar surface area (TPSA) is 75.6 Å². The molecule has 0 saturated carbocycles. The van der Waals surface area contributed by atoms with Crippen molar-refractivity contribution in [3.63, 3.8) is 0 Å². The first-order valence-electron chi connectivity index (χ1n) is 7.09. The molecule has 5 nitrogen and oxygen atoms in total. The molecule has 1 unspecified atom stereocenters. The first kappa shape index (κ1) is 17.9. The van der Waals surface area contributed by atoms with E-state index in [9.17, 15) is 14.0 Å². The lowest BCUT2D eigenvalue weighted by Gasteiger charge is -2.18. The van der Waals surface area contributed by atoms with E-state index in [-0.39, 0.29) is 6.61 Å². The SMILES string of the molecule is O=C(O)CC(NC(=O)OCc1ccccc1)c1cc(F)ccc1Br. The number of nitrogens with one attached hydrogen (secondary N) is 1. The van der Waals surface area contributed by atoms with Crippen molar-refractivity contribution in [2.75, 3.05) is 0 Å². The molecule has 0 aliphatic carbocycles. The van der Waals surface area contributed by atoms with Crippen LogP contribution in [-0.4, -0.2) is 17.2 Å². The molecule has 1 atom stereocenters. The third-order valence-electron chi connectivity index (χ3n) is 3.22. The first-order chi connectivity index (χ1) is 11.5. The van der Waals surface area contributed by atoms with Crippen LogP contribution in [0.5, 0.6) is 0 Å². The summed E-state index contributed by atoms with van der Waals surface area (Å²) in [6.07, 6.45) is -1.18. The van der Waals surface area contributed by atoms with E-state index in [1.54, 1.807) is 12.1 Å². The lowest BCUT2D eigenvalue weighted by molar-refractivity contribution is -0.137. The van der Waals surface area contributed by atoms with Crippen molar-refractivity contribution in [1.82, 2.24) is 5.32 Å². The minimum atomic E-state index is -1.13. The smallest absolute Gasteiger partial charge is 0.407 e. The van der Waals surface area contributed by atoms with Crippen molar-refractivity contribution in [2.45, 2.75) is 19.1 Å². The Kier molecular flexibility index (Phi) is 6.31. The Hall–Kier alpha value is -2.41. The zero-order valence-electron chi connectivity index (χ0n) is 12.5. The molecule has 2 rings (SSSR count). The summed E-state index contributed by atoms with van der Waals surface area (Å²) in [6.45, 7) is 0.0524. The Morgan fingerprint density at radius 3 is 2.58 bits per heavy atom. The molecule has 0 bridgehead atoms. The second kappa shape index (κ2) is 8.44. The number of hydrogen-bond donors (Lipinski definition) is 2. The Bertz CT molecular complexity index is 724. The minimum absolute atomic E-state index is 0.0524. The van der Waals surface area contributed by atoms with Gasteiger partial charge in [-0.25, -0.2) is 9.18 Å². The van der Waals surface area contributed by atoms with Gasteiger partial charge in [0.05, 0.1) is 12.5 Å². The van der Waals surface area contributed by atoms with Crippen LogP contribution in [0.2, 0.25) is 0 Å². The average Bonchev–Trinajstić information content (AvgIpc) is 2.55. The van der Waals surface area contributed by atoms with Crippen LogP contribution in [0, 0.1) is 5.82 Å². The van der Waals surface area contributed by atoms with Crippen LogP contribution < -0.4 is 5.32 Å². The van der Waals surface area contributed by atoms with Gasteiger partial charge in [0.25, 0.3) is 0 Å². The van der Waals surface area contributed by atoms with Crippen LogP contribution in [0.4, 0.5) is 9.18 Å². The lowest BCUT2D eigenvalue weighted by Crippen LogP contribution is -2.31. The molecule has 0 saturated heterocycles. The van der Waals surface area contributed by atoms with Gasteiger partial charge in [0.15, 0.2) is 0 Å². The van der Waals surface area contributed by atoms with Crippen LogP contribution in [-0.2, 0) is 16.1 Å². The summed E-state index contributed by atoms with van der Waals surface area (Å²) in [7, 11) is 0. The Balaban J connectivity index is 2.06. The summed E-state index contributed by atoms with van der Waals surface area (Å²) in [5.74, 6) is -1.65. The molecule has 0 aromatic heterocycles. The zero-order chi connectivity index (χ0) is 17.5. The van der Waals surface area contributed by atoms with Gasteiger partial charge in [-0.05, 0) is 29.3 Å². The van der Waals surface area contributed by atoms with E-state index in [0.29, 0.717) is 10.0 Å². The number of halogens is 2. The van der Waals surface area contributed by atoms with Gasteiger partial charge in [0.2, 0.25) is 0 Å². The van der Waals surface area contributed by atoms with Gasteiger partial charge >= 0.3 is 12.1 Å². The third kappa shape index (κ3) is 5.34. The second-order valence-electron chi connectivity index (χ2n) is 5.02. The molecule has 24 heavy (non-hydrogen) atoms. The van der Waals surface area contributed by atoms with Crippen LogP contribution in [0.25, 0.3) is 0 Å². The summed E-state index contributed by atoms with van der Waals surface area (Å²) in [5, 5.41) is 11.5. The Labute approximate surface area is 146 Å². The van der Waals surface area contributed by atoms with Gasteiger partial charge in [-0.1, -0.05) is 46.3 Å². The van der Waals surface area contributed by atoms with Crippen LogP contribution in [0.15, 0.2) is 53.0 Å². The number of carboxylic acid groups (broad SMARTS) is 1. The normalized spacial score (nSPS) is 11.6. The molecule has 2 N–H and O–H groups in total. The van der Waals surface area contributed by atoms with E-state index in [0.717, 1.165) is 5.56 Å². The molecule has 2 aromatic rings. The number of ether oxygens (including phenoxy) is 1. The molecular weight excluding hydrogens is 381 g/mol. The molecule has 0 heterocycles. The lowest BCUT2D eigenvalue weighted by atomic mass is 10.0. The maximum absolute atomic E-state index is 13.4. The summed E-state index contributed by atoms with van der Waals surface area (Å²) in [5.41, 5.74) is 1.13. The molecule has 0 spiro atoms. The van der Waals surface area contributed by atoms with Crippen molar-refractivity contribution < 1.29 is 23.8 Å². The zero-order valence-corrected chi connectivity index (χ0v) is 14.1. The fourth-order valence-electron chi connectivity index (χ4n) is 2.10. The molecule has 0 aliphatic heterocycles. The number of carbonyl (C=O) groups excluding carboxylic acids is 1. The highest BCUT2D eigenvalue weighted by atomic mass is 79.9. The molecular formula is C17H15BrFNO4. The fourth-order valence-corrected chi connectivity index (χ4v) is 2.63. The summed E-state index contributed by atoms with van der Waals surface area (Å²) < 4.78 is 19.0. The highest BCUT2D eigenvalue weighted by Crippen LogP contribution is 2.27. The number of benzene rings is 2. The predicted molar refractivity (Wildman–Crippen MR) is 88.9 cm³/mol. The number of amides is 1. The fraction of sp³-hybridized carbons (Fsp3) is 0.176. The molecule has 1 amide bonds. The molecule has 7 heteroatoms. The van der Waals surface area contributed by atoms with E-state index >= 15 is 0 Å². The molecule has 2 aromatic carbocycles. The summed E-state index contributed by atoms with van der Waals surface area (Å²) in [6, 6.07) is 12.0. The van der Waals surface area contributed by atoms with E-state index in [1.165, 1.54) is 18.2 Å². The van der Waals surface area contributed by atoms with Crippen molar-refractivity contribution in [3.05, 3.63) is 69.9 Å². The molecule has 0 radical (unpaired) electrons. The second-order valence-corrected chi connectivity index (χ2v) is 5.88. The monoisotopic (exact) mass is 395 g/mol. The highest BCUT2D eigenvalue weighted by molar-refractivity contribution is 9.10. The quantitative estimate of drug-likeness (QED) is 0.773. The first-order valence-corrected chi connectivity index (χ1v) is 7.89. The molecule has 126 valence electrons. The van der Waals surface area contributed by atoms with Crippen molar-refractivity contribution in [2.24, 2.45) is 0 Å². The number of alkyl carbamates (subject to hydrolysis) is 1. The van der Waals surface area contributed by atoms with Crippen molar-refractivity contribution >= 4 is 28.0 Å². The van der Waals surface area contributed by atoms with E-state index in [2.05, 4.69) is 21.2 Å². The average molecular weight is 396 g/mol. The standard InChI is InChI=1S/C17H15BrFNO4/c18-14-7-6-12(19)8-13(14)15(9-16(21)22)20-17(23)24-10-11-4-2-1-3-5-11/h1-8,15H,9-10H2,(H,20,23)(H,21,22). The summed E-state index contributed by atoms with van der Waals surface area (Å²) >= 11 is 3.23. The largest absolute Gasteiger partial charge is 0.481 e. The Morgan fingerprint density at radius 1 is 1.21 bits per heavy atom. The molecule has 0 fully saturated rings. The number of rotatable bonds is 6. The minimum Gasteiger partial charge on any atom is -0.481 e. The van der Waals surface area contributed by atoms with Gasteiger partial charge in [-0.3, -0.25) is 4.79 Å². The van der Waals surface area contributed by atoms with Crippen molar-refractivity contribution in [1.29, 1.82) is 0 Å². The van der Waals surface area contributed by atoms with E-state index < -0.39 is 30.3 Å². The number of carbonyl (C=O) groups is 2. The number of carboxylic acids is 1. The maximum atomic E-state index is 13.4. The van der Waals surface area contributed by atoms with Gasteiger partial charge in [0, 0.05) is 4.47 Å². The molecule has 0 aliphatic rings. The van der Waals surface area contributed by atoms with Gasteiger partial charge < -0.3 is 15.2 Å². The van der Waals surface area contributed by atoms with Gasteiger partial charge in [0.1, 0.15) is 12.4 Å². The van der Waals surface area contributed by atoms with Gasteiger partial charge in [-0.15, -0.1) is 0 Å². The van der Waals surface area contributed by atoms with Crippen LogP contribution in [0.1, 0.15) is 23.6 Å².